The van der Waals surface area contributed by atoms with Gasteiger partial charge in [-0.2, -0.15) is 0 Å². The molecule has 9 aromatic rings. The summed E-state index contributed by atoms with van der Waals surface area (Å²) in [7, 11) is 0. The van der Waals surface area contributed by atoms with Gasteiger partial charge in [0.1, 0.15) is 0 Å². The summed E-state index contributed by atoms with van der Waals surface area (Å²) in [5, 5.41) is 8.10. The Bertz CT molecular complexity index is 2420. The molecule has 0 spiro atoms. The zero-order valence-corrected chi connectivity index (χ0v) is 23.1. The van der Waals surface area contributed by atoms with E-state index in [1.54, 1.807) is 0 Å². The fourth-order valence-corrected chi connectivity index (χ4v) is 6.66. The maximum atomic E-state index is 4.84. The molecule has 0 amide bonds. The molecule has 0 saturated heterocycles. The average Bonchev–Trinajstić information content (AvgIpc) is 3.42. The van der Waals surface area contributed by atoms with Gasteiger partial charge in [-0.25, -0.2) is 0 Å². The first-order valence-corrected chi connectivity index (χ1v) is 14.4. The quantitative estimate of drug-likeness (QED) is 0.221. The number of fused-ring (bicyclic) bond motifs is 7. The molecule has 0 radical (unpaired) electrons. The van der Waals surface area contributed by atoms with Gasteiger partial charge in [0, 0.05) is 63.6 Å². The largest absolute Gasteiger partial charge is 0.309 e. The lowest BCUT2D eigenvalue weighted by molar-refractivity contribution is 1.18. The van der Waals surface area contributed by atoms with Crippen LogP contribution in [0, 0.1) is 0 Å². The molecule has 4 heteroatoms. The number of nitrogens with zero attached hydrogens (tertiary/aromatic N) is 4. The third kappa shape index (κ3) is 3.67. The number of rotatable bonds is 3. The molecule has 0 aliphatic heterocycles. The van der Waals surface area contributed by atoms with Crippen molar-refractivity contribution in [2.75, 3.05) is 0 Å². The minimum atomic E-state index is 1.02. The lowest BCUT2D eigenvalue weighted by Crippen LogP contribution is -1.96. The molecule has 0 saturated carbocycles. The van der Waals surface area contributed by atoms with E-state index in [1.807, 2.05) is 37.1 Å². The second kappa shape index (κ2) is 9.33. The summed E-state index contributed by atoms with van der Waals surface area (Å²) >= 11 is 0. The van der Waals surface area contributed by atoms with Crippen molar-refractivity contribution in [1.82, 2.24) is 19.5 Å². The fraction of sp³-hybridized carbons (Fsp3) is 0. The third-order valence-electron chi connectivity index (χ3n) is 8.57. The van der Waals surface area contributed by atoms with Gasteiger partial charge in [0.2, 0.25) is 0 Å². The molecule has 9 rings (SSSR count). The van der Waals surface area contributed by atoms with Crippen molar-refractivity contribution in [1.29, 1.82) is 0 Å². The normalized spacial score (nSPS) is 11.7. The lowest BCUT2D eigenvalue weighted by atomic mass is 9.93. The SMILES string of the molecule is c1cc(-c2cc(-c3cccc4ccncc34)cc(-n3c4ccccc4c4c5ncccc5ccc43)c2)c2cnccc2c1. The third-order valence-corrected chi connectivity index (χ3v) is 8.57. The van der Waals surface area contributed by atoms with E-state index in [2.05, 4.69) is 124 Å². The molecule has 200 valence electrons. The molecule has 0 aliphatic rings. The van der Waals surface area contributed by atoms with Crippen LogP contribution >= 0.6 is 0 Å². The molecule has 4 aromatic heterocycles. The van der Waals surface area contributed by atoms with Gasteiger partial charge in [0.15, 0.2) is 0 Å². The van der Waals surface area contributed by atoms with Crippen LogP contribution in [-0.4, -0.2) is 19.5 Å². The maximum absolute atomic E-state index is 4.84. The van der Waals surface area contributed by atoms with Gasteiger partial charge < -0.3 is 4.57 Å². The van der Waals surface area contributed by atoms with Crippen molar-refractivity contribution in [3.63, 3.8) is 0 Å². The Hall–Kier alpha value is -5.87. The van der Waals surface area contributed by atoms with Gasteiger partial charge in [-0.1, -0.05) is 66.7 Å². The highest BCUT2D eigenvalue weighted by atomic mass is 15.0. The molecular weight excluding hydrogens is 524 g/mol. The van der Waals surface area contributed by atoms with Crippen LogP contribution in [-0.2, 0) is 0 Å². The molecule has 0 atom stereocenters. The summed E-state index contributed by atoms with van der Waals surface area (Å²) in [5.41, 5.74) is 8.98. The van der Waals surface area contributed by atoms with E-state index < -0.39 is 0 Å². The summed E-state index contributed by atoms with van der Waals surface area (Å²) in [6.07, 6.45) is 9.53. The van der Waals surface area contributed by atoms with E-state index in [0.29, 0.717) is 0 Å². The first-order valence-electron chi connectivity index (χ1n) is 14.4. The van der Waals surface area contributed by atoms with Gasteiger partial charge in [-0.05, 0) is 81.6 Å². The first-order chi connectivity index (χ1) is 21.3. The summed E-state index contributed by atoms with van der Waals surface area (Å²) in [4.78, 5) is 13.8. The van der Waals surface area contributed by atoms with E-state index >= 15 is 0 Å². The molecule has 43 heavy (non-hydrogen) atoms. The predicted octanol–water partition coefficient (Wildman–Crippen LogP) is 9.76. The summed E-state index contributed by atoms with van der Waals surface area (Å²) in [6.45, 7) is 0. The van der Waals surface area contributed by atoms with Gasteiger partial charge in [0.25, 0.3) is 0 Å². The predicted molar refractivity (Wildman–Crippen MR) is 178 cm³/mol. The Morgan fingerprint density at radius 1 is 0.465 bits per heavy atom. The number of aromatic nitrogens is 4. The van der Waals surface area contributed by atoms with E-state index in [-0.39, 0.29) is 0 Å². The topological polar surface area (TPSA) is 43.6 Å². The molecule has 5 aromatic carbocycles. The highest BCUT2D eigenvalue weighted by Crippen LogP contribution is 2.40. The summed E-state index contributed by atoms with van der Waals surface area (Å²) in [5.74, 6) is 0. The zero-order valence-electron chi connectivity index (χ0n) is 23.1. The van der Waals surface area contributed by atoms with Crippen molar-refractivity contribution in [2.24, 2.45) is 0 Å². The minimum absolute atomic E-state index is 1.02. The van der Waals surface area contributed by atoms with Crippen molar-refractivity contribution in [3.8, 4) is 27.9 Å². The highest BCUT2D eigenvalue weighted by Gasteiger charge is 2.18. The molecule has 0 bridgehead atoms. The van der Waals surface area contributed by atoms with E-state index in [0.717, 1.165) is 60.6 Å². The number of pyridine rings is 3. The highest BCUT2D eigenvalue weighted by molar-refractivity contribution is 6.20. The van der Waals surface area contributed by atoms with Crippen LogP contribution in [0.4, 0.5) is 0 Å². The van der Waals surface area contributed by atoms with Crippen molar-refractivity contribution in [3.05, 3.63) is 146 Å². The van der Waals surface area contributed by atoms with Crippen LogP contribution in [0.25, 0.3) is 82.2 Å². The van der Waals surface area contributed by atoms with Crippen LogP contribution in [0.3, 0.4) is 0 Å². The Morgan fingerprint density at radius 3 is 1.86 bits per heavy atom. The second-order valence-corrected chi connectivity index (χ2v) is 11.0. The van der Waals surface area contributed by atoms with E-state index in [9.17, 15) is 0 Å². The minimum Gasteiger partial charge on any atom is -0.309 e. The van der Waals surface area contributed by atoms with Crippen LogP contribution < -0.4 is 0 Å². The van der Waals surface area contributed by atoms with Crippen LogP contribution in [0.5, 0.6) is 0 Å². The Balaban J connectivity index is 1.42. The first kappa shape index (κ1) is 23.8. The van der Waals surface area contributed by atoms with Crippen molar-refractivity contribution < 1.29 is 0 Å². The molecule has 0 fully saturated rings. The molecule has 4 nitrogen and oxygen atoms in total. The average molecular weight is 549 g/mol. The number of para-hydroxylation sites is 1. The van der Waals surface area contributed by atoms with Crippen LogP contribution in [0.15, 0.2) is 146 Å². The molecule has 0 unspecified atom stereocenters. The molecule has 4 heterocycles. The number of hydrogen-bond donors (Lipinski definition) is 0. The van der Waals surface area contributed by atoms with E-state index in [4.69, 9.17) is 4.98 Å². The standard InChI is InChI=1S/C39H24N4/c1-2-12-36-33(9-1)38-37(14-13-27-8-5-17-42-39(27)38)43(36)30-21-28(31-10-3-6-25-15-18-40-23-34(25)31)20-29(22-30)32-11-4-7-26-16-19-41-24-35(26)32/h1-24H. The van der Waals surface area contributed by atoms with Crippen molar-refractivity contribution >= 4 is 54.3 Å². The smallest absolute Gasteiger partial charge is 0.0802 e. The van der Waals surface area contributed by atoms with Crippen molar-refractivity contribution in [2.45, 2.75) is 0 Å². The van der Waals surface area contributed by atoms with Gasteiger partial charge in [-0.3, -0.25) is 15.0 Å². The summed E-state index contributed by atoms with van der Waals surface area (Å²) < 4.78 is 2.39. The molecule has 0 aliphatic carbocycles. The Morgan fingerprint density at radius 2 is 1.14 bits per heavy atom. The summed E-state index contributed by atoms with van der Waals surface area (Å²) in [6, 6.07) is 41.2. The van der Waals surface area contributed by atoms with Gasteiger partial charge in [0.05, 0.1) is 16.6 Å². The fourth-order valence-electron chi connectivity index (χ4n) is 6.66. The van der Waals surface area contributed by atoms with E-state index in [1.165, 1.54) is 21.5 Å². The number of benzene rings is 5. The molecule has 0 N–H and O–H groups in total. The Kier molecular flexibility index (Phi) is 5.16. The maximum Gasteiger partial charge on any atom is 0.0802 e. The van der Waals surface area contributed by atoms with Crippen LogP contribution in [0.2, 0.25) is 0 Å². The van der Waals surface area contributed by atoms with Gasteiger partial charge in [-0.15, -0.1) is 0 Å². The Labute approximate surface area is 247 Å². The van der Waals surface area contributed by atoms with Crippen LogP contribution in [0.1, 0.15) is 0 Å². The number of hydrogen-bond acceptors (Lipinski definition) is 3. The molecular formula is C39H24N4. The van der Waals surface area contributed by atoms with Gasteiger partial charge >= 0.3 is 0 Å². The zero-order chi connectivity index (χ0) is 28.3. The lowest BCUT2D eigenvalue weighted by Gasteiger charge is -2.16. The second-order valence-electron chi connectivity index (χ2n) is 11.0. The monoisotopic (exact) mass is 548 g/mol.